The van der Waals surface area contributed by atoms with Gasteiger partial charge in [0.15, 0.2) is 0 Å². The molecular formula is C13H8Cl2N2O. The second kappa shape index (κ2) is 5.26. The lowest BCUT2D eigenvalue weighted by Crippen LogP contribution is -1.94. The monoisotopic (exact) mass is 278 g/mol. The molecule has 0 aliphatic rings. The van der Waals surface area contributed by atoms with Gasteiger partial charge < -0.3 is 4.74 Å². The van der Waals surface area contributed by atoms with Crippen LogP contribution in [0.3, 0.4) is 0 Å². The van der Waals surface area contributed by atoms with Crippen LogP contribution in [0.25, 0.3) is 0 Å². The Hall–Kier alpha value is -1.76. The Morgan fingerprint density at radius 1 is 1.28 bits per heavy atom. The lowest BCUT2D eigenvalue weighted by molar-refractivity contribution is 0.461. The Balaban J connectivity index is 2.44. The van der Waals surface area contributed by atoms with Crippen molar-refractivity contribution in [2.45, 2.75) is 6.92 Å². The molecule has 0 fully saturated rings. The number of aromatic nitrogens is 1. The lowest BCUT2D eigenvalue weighted by Gasteiger charge is -2.09. The standard InChI is InChI=1S/C13H8Cl2N2O/c1-8-5-6-17-13(9(8)7-16)18-11-4-2-3-10(14)12(11)15/h2-6H,1H3. The summed E-state index contributed by atoms with van der Waals surface area (Å²) in [7, 11) is 0. The summed E-state index contributed by atoms with van der Waals surface area (Å²) in [5.41, 5.74) is 1.18. The number of pyridine rings is 1. The first kappa shape index (κ1) is 12.7. The molecule has 0 bridgehead atoms. The normalized spacial score (nSPS) is 9.89. The third kappa shape index (κ3) is 2.40. The molecule has 0 aliphatic heterocycles. The zero-order valence-electron chi connectivity index (χ0n) is 9.45. The molecule has 0 saturated carbocycles. The van der Waals surface area contributed by atoms with Crippen LogP contribution in [0.4, 0.5) is 0 Å². The summed E-state index contributed by atoms with van der Waals surface area (Å²) in [6.45, 7) is 1.81. The lowest BCUT2D eigenvalue weighted by atomic mass is 10.2. The summed E-state index contributed by atoms with van der Waals surface area (Å²) in [4.78, 5) is 4.03. The molecular weight excluding hydrogens is 271 g/mol. The van der Waals surface area contributed by atoms with Crippen LogP contribution in [-0.2, 0) is 0 Å². The first-order chi connectivity index (χ1) is 8.63. The molecule has 18 heavy (non-hydrogen) atoms. The molecule has 0 aliphatic carbocycles. The first-order valence-electron chi connectivity index (χ1n) is 5.11. The summed E-state index contributed by atoms with van der Waals surface area (Å²) < 4.78 is 5.54. The number of halogens is 2. The molecule has 90 valence electrons. The largest absolute Gasteiger partial charge is 0.436 e. The summed E-state index contributed by atoms with van der Waals surface area (Å²) in [6, 6.07) is 8.83. The fraction of sp³-hybridized carbons (Fsp3) is 0.0769. The highest BCUT2D eigenvalue weighted by atomic mass is 35.5. The quantitative estimate of drug-likeness (QED) is 0.820. The molecule has 0 saturated heterocycles. The third-order valence-electron chi connectivity index (χ3n) is 2.36. The molecule has 5 heteroatoms. The van der Waals surface area contributed by atoms with Crippen molar-refractivity contribution < 1.29 is 4.74 Å². The first-order valence-corrected chi connectivity index (χ1v) is 5.86. The van der Waals surface area contributed by atoms with Crippen LogP contribution < -0.4 is 4.74 Å². The number of rotatable bonds is 2. The molecule has 3 nitrogen and oxygen atoms in total. The highest BCUT2D eigenvalue weighted by Crippen LogP contribution is 2.35. The fourth-order valence-electron chi connectivity index (χ4n) is 1.41. The summed E-state index contributed by atoms with van der Waals surface area (Å²) in [5.74, 6) is 0.598. The van der Waals surface area contributed by atoms with Crippen molar-refractivity contribution in [1.82, 2.24) is 4.98 Å². The van der Waals surface area contributed by atoms with E-state index < -0.39 is 0 Å². The van der Waals surface area contributed by atoms with Crippen molar-refractivity contribution in [1.29, 1.82) is 5.26 Å². The van der Waals surface area contributed by atoms with Crippen molar-refractivity contribution in [2.75, 3.05) is 0 Å². The molecule has 0 amide bonds. The van der Waals surface area contributed by atoms with Crippen molar-refractivity contribution in [2.24, 2.45) is 0 Å². The van der Waals surface area contributed by atoms with Crippen LogP contribution in [0, 0.1) is 18.3 Å². The van der Waals surface area contributed by atoms with Crippen molar-refractivity contribution in [3.63, 3.8) is 0 Å². The third-order valence-corrected chi connectivity index (χ3v) is 3.16. The molecule has 2 aromatic rings. The van der Waals surface area contributed by atoms with E-state index in [1.807, 2.05) is 6.92 Å². The van der Waals surface area contributed by atoms with Crippen molar-refractivity contribution in [3.8, 4) is 17.7 Å². The Morgan fingerprint density at radius 3 is 2.78 bits per heavy atom. The minimum Gasteiger partial charge on any atom is -0.436 e. The predicted octanol–water partition coefficient (Wildman–Crippen LogP) is 4.36. The molecule has 0 atom stereocenters. The van der Waals surface area contributed by atoms with E-state index in [1.54, 1.807) is 30.5 Å². The van der Waals surface area contributed by atoms with Gasteiger partial charge in [-0.1, -0.05) is 29.3 Å². The number of nitriles is 1. The second-order valence-electron chi connectivity index (χ2n) is 3.57. The van der Waals surface area contributed by atoms with Crippen LogP contribution in [0.2, 0.25) is 10.0 Å². The Kier molecular flexibility index (Phi) is 3.71. The molecule has 2 rings (SSSR count). The van der Waals surface area contributed by atoms with Gasteiger partial charge in [0.25, 0.3) is 0 Å². The Labute approximate surface area is 115 Å². The minimum atomic E-state index is 0.224. The maximum atomic E-state index is 9.07. The van der Waals surface area contributed by atoms with Gasteiger partial charge in [-0.2, -0.15) is 5.26 Å². The highest BCUT2D eigenvalue weighted by Gasteiger charge is 2.12. The van der Waals surface area contributed by atoms with Gasteiger partial charge >= 0.3 is 0 Å². The summed E-state index contributed by atoms with van der Waals surface area (Å²) in [6.07, 6.45) is 1.57. The molecule has 1 aromatic heterocycles. The van der Waals surface area contributed by atoms with E-state index in [-0.39, 0.29) is 5.88 Å². The topological polar surface area (TPSA) is 45.9 Å². The molecule has 0 radical (unpaired) electrons. The average Bonchev–Trinajstić information content (AvgIpc) is 2.35. The number of aryl methyl sites for hydroxylation is 1. The minimum absolute atomic E-state index is 0.224. The van der Waals surface area contributed by atoms with Gasteiger partial charge in [0.1, 0.15) is 22.4 Å². The average molecular weight is 279 g/mol. The van der Waals surface area contributed by atoms with Crippen LogP contribution in [0.15, 0.2) is 30.5 Å². The SMILES string of the molecule is Cc1ccnc(Oc2cccc(Cl)c2Cl)c1C#N. The number of hydrogen-bond acceptors (Lipinski definition) is 3. The maximum absolute atomic E-state index is 9.07. The van der Waals surface area contributed by atoms with Crippen molar-refractivity contribution >= 4 is 23.2 Å². The number of benzene rings is 1. The van der Waals surface area contributed by atoms with Gasteiger partial charge in [0.05, 0.1) is 5.02 Å². The van der Waals surface area contributed by atoms with Gasteiger partial charge in [-0.25, -0.2) is 4.98 Å². The molecule has 0 unspecified atom stereocenters. The summed E-state index contributed by atoms with van der Waals surface area (Å²) >= 11 is 11.9. The smallest absolute Gasteiger partial charge is 0.237 e. The Morgan fingerprint density at radius 2 is 2.06 bits per heavy atom. The van der Waals surface area contributed by atoms with E-state index in [1.165, 1.54) is 0 Å². The number of ether oxygens (including phenoxy) is 1. The molecule has 1 aromatic carbocycles. The van der Waals surface area contributed by atoms with Gasteiger partial charge in [-0.05, 0) is 30.7 Å². The van der Waals surface area contributed by atoms with Crippen LogP contribution in [-0.4, -0.2) is 4.98 Å². The second-order valence-corrected chi connectivity index (χ2v) is 4.36. The zero-order valence-corrected chi connectivity index (χ0v) is 11.0. The van der Waals surface area contributed by atoms with Crippen LogP contribution >= 0.6 is 23.2 Å². The number of nitrogens with zero attached hydrogens (tertiary/aromatic N) is 2. The Bertz CT molecular complexity index is 635. The van der Waals surface area contributed by atoms with Gasteiger partial charge in [-0.3, -0.25) is 0 Å². The molecule has 0 spiro atoms. The van der Waals surface area contributed by atoms with E-state index in [4.69, 9.17) is 33.2 Å². The van der Waals surface area contributed by atoms with Gasteiger partial charge in [-0.15, -0.1) is 0 Å². The predicted molar refractivity (Wildman–Crippen MR) is 70.2 cm³/mol. The van der Waals surface area contributed by atoms with E-state index >= 15 is 0 Å². The van der Waals surface area contributed by atoms with E-state index in [9.17, 15) is 0 Å². The van der Waals surface area contributed by atoms with Crippen molar-refractivity contribution in [3.05, 3.63) is 51.6 Å². The fourth-order valence-corrected chi connectivity index (χ4v) is 1.74. The van der Waals surface area contributed by atoms with Gasteiger partial charge in [0.2, 0.25) is 5.88 Å². The molecule has 0 N–H and O–H groups in total. The highest BCUT2D eigenvalue weighted by molar-refractivity contribution is 6.42. The number of hydrogen-bond donors (Lipinski definition) is 0. The van der Waals surface area contributed by atoms with Crippen LogP contribution in [0.5, 0.6) is 11.6 Å². The van der Waals surface area contributed by atoms with Gasteiger partial charge in [0, 0.05) is 6.20 Å². The van der Waals surface area contributed by atoms with Crippen LogP contribution in [0.1, 0.15) is 11.1 Å². The summed E-state index contributed by atoms with van der Waals surface area (Å²) in [5, 5.41) is 9.76. The maximum Gasteiger partial charge on any atom is 0.237 e. The molecule has 1 heterocycles. The van der Waals surface area contributed by atoms with E-state index in [0.29, 0.717) is 21.4 Å². The zero-order chi connectivity index (χ0) is 13.1. The van der Waals surface area contributed by atoms with E-state index in [0.717, 1.165) is 5.56 Å². The van der Waals surface area contributed by atoms with E-state index in [2.05, 4.69) is 11.1 Å².